The first-order valence-electron chi connectivity index (χ1n) is 6.02. The molecule has 0 unspecified atom stereocenters. The van der Waals surface area contributed by atoms with E-state index in [-0.39, 0.29) is 11.6 Å². The van der Waals surface area contributed by atoms with Gasteiger partial charge in [-0.2, -0.15) is 0 Å². The Labute approximate surface area is 122 Å². The van der Waals surface area contributed by atoms with E-state index in [0.717, 1.165) is 15.4 Å². The van der Waals surface area contributed by atoms with E-state index in [0.29, 0.717) is 6.54 Å². The number of rotatable bonds is 6. The maximum Gasteiger partial charge on any atom is 0.258 e. The Balaban J connectivity index is 2.05. The first-order valence-corrected chi connectivity index (χ1v) is 8.32. The quantitative estimate of drug-likeness (QED) is 0.833. The van der Waals surface area contributed by atoms with Gasteiger partial charge in [-0.05, 0) is 25.6 Å². The fourth-order valence-corrected chi connectivity index (χ4v) is 3.36. The van der Waals surface area contributed by atoms with Crippen molar-refractivity contribution in [2.45, 2.75) is 25.0 Å². The second-order valence-corrected chi connectivity index (χ2v) is 7.24. The summed E-state index contributed by atoms with van der Waals surface area (Å²) < 4.78 is 26.7. The van der Waals surface area contributed by atoms with Gasteiger partial charge >= 0.3 is 0 Å². The standard InChI is InChI=1S/C12H16N4O2S2/c1-9-14-7-11(19-9)8-16-20(17,18)12-4-3-10(5-13-2)6-15-12/h3-4,6-7,13,16H,5,8H2,1-2H3. The molecular formula is C12H16N4O2S2. The molecule has 0 saturated heterocycles. The monoisotopic (exact) mass is 312 g/mol. The van der Waals surface area contributed by atoms with Gasteiger partial charge in [0, 0.05) is 30.4 Å². The average Bonchev–Trinajstić information content (AvgIpc) is 2.84. The van der Waals surface area contributed by atoms with Crippen LogP contribution in [0.5, 0.6) is 0 Å². The van der Waals surface area contributed by atoms with E-state index in [4.69, 9.17) is 0 Å². The smallest absolute Gasteiger partial charge is 0.258 e. The summed E-state index contributed by atoms with van der Waals surface area (Å²) in [6, 6.07) is 3.25. The van der Waals surface area contributed by atoms with E-state index in [1.54, 1.807) is 18.5 Å². The van der Waals surface area contributed by atoms with Gasteiger partial charge < -0.3 is 5.32 Å². The third kappa shape index (κ3) is 3.83. The lowest BCUT2D eigenvalue weighted by atomic mass is 10.3. The number of aryl methyl sites for hydroxylation is 1. The maximum absolute atomic E-state index is 12.1. The summed E-state index contributed by atoms with van der Waals surface area (Å²) in [5, 5.41) is 3.92. The van der Waals surface area contributed by atoms with E-state index < -0.39 is 10.0 Å². The normalized spacial score (nSPS) is 11.7. The Hall–Kier alpha value is -1.35. The Bertz CT molecular complexity index is 665. The Morgan fingerprint density at radius 2 is 2.00 bits per heavy atom. The van der Waals surface area contributed by atoms with Crippen LogP contribution in [-0.4, -0.2) is 25.4 Å². The molecule has 0 spiro atoms. The Morgan fingerprint density at radius 3 is 2.55 bits per heavy atom. The lowest BCUT2D eigenvalue weighted by Gasteiger charge is -2.05. The van der Waals surface area contributed by atoms with Crippen LogP contribution in [0.25, 0.3) is 0 Å². The molecule has 2 heterocycles. The fourth-order valence-electron chi connectivity index (χ4n) is 1.61. The molecule has 20 heavy (non-hydrogen) atoms. The number of sulfonamides is 1. The van der Waals surface area contributed by atoms with Crippen LogP contribution in [0.1, 0.15) is 15.4 Å². The summed E-state index contributed by atoms with van der Waals surface area (Å²) in [6.07, 6.45) is 3.23. The summed E-state index contributed by atoms with van der Waals surface area (Å²) in [7, 11) is -1.76. The topological polar surface area (TPSA) is 84.0 Å². The van der Waals surface area contributed by atoms with Crippen LogP contribution in [0.15, 0.2) is 29.6 Å². The number of pyridine rings is 1. The first-order chi connectivity index (χ1) is 9.51. The van der Waals surface area contributed by atoms with E-state index in [1.807, 2.05) is 14.0 Å². The minimum absolute atomic E-state index is 0.0265. The van der Waals surface area contributed by atoms with Crippen LogP contribution in [0, 0.1) is 6.92 Å². The third-order valence-corrected chi connectivity index (χ3v) is 4.79. The largest absolute Gasteiger partial charge is 0.316 e. The molecule has 0 aliphatic carbocycles. The molecule has 0 aliphatic heterocycles. The van der Waals surface area contributed by atoms with Crippen LogP contribution in [0.3, 0.4) is 0 Å². The number of hydrogen-bond donors (Lipinski definition) is 2. The molecule has 2 aromatic rings. The number of thiazole rings is 1. The van der Waals surface area contributed by atoms with Gasteiger partial charge in [0.2, 0.25) is 0 Å². The Kier molecular flexibility index (Phi) is 4.81. The van der Waals surface area contributed by atoms with Gasteiger partial charge in [0.15, 0.2) is 5.03 Å². The molecule has 0 saturated carbocycles. The number of nitrogens with one attached hydrogen (secondary N) is 2. The first kappa shape index (κ1) is 15.0. The summed E-state index contributed by atoms with van der Waals surface area (Å²) in [5.74, 6) is 0. The molecular weight excluding hydrogens is 296 g/mol. The van der Waals surface area contributed by atoms with Crippen molar-refractivity contribution in [3.63, 3.8) is 0 Å². The van der Waals surface area contributed by atoms with Gasteiger partial charge in [-0.1, -0.05) is 6.07 Å². The molecule has 8 heteroatoms. The Morgan fingerprint density at radius 1 is 1.20 bits per heavy atom. The van der Waals surface area contributed by atoms with E-state index >= 15 is 0 Å². The van der Waals surface area contributed by atoms with Gasteiger partial charge in [-0.3, -0.25) is 0 Å². The molecule has 0 atom stereocenters. The molecule has 2 aromatic heterocycles. The van der Waals surface area contributed by atoms with Crippen LogP contribution >= 0.6 is 11.3 Å². The lowest BCUT2D eigenvalue weighted by Crippen LogP contribution is -2.23. The van der Waals surface area contributed by atoms with Crippen molar-refractivity contribution >= 4 is 21.4 Å². The maximum atomic E-state index is 12.1. The number of hydrogen-bond acceptors (Lipinski definition) is 6. The van der Waals surface area contributed by atoms with E-state index in [1.165, 1.54) is 17.4 Å². The third-order valence-electron chi connectivity index (χ3n) is 2.56. The highest BCUT2D eigenvalue weighted by Gasteiger charge is 2.15. The van der Waals surface area contributed by atoms with Crippen molar-refractivity contribution < 1.29 is 8.42 Å². The van der Waals surface area contributed by atoms with Gasteiger partial charge in [-0.15, -0.1) is 11.3 Å². The van der Waals surface area contributed by atoms with Gasteiger partial charge in [0.1, 0.15) is 0 Å². The highest BCUT2D eigenvalue weighted by atomic mass is 32.2. The van der Waals surface area contributed by atoms with Crippen molar-refractivity contribution in [1.29, 1.82) is 0 Å². The van der Waals surface area contributed by atoms with Crippen molar-refractivity contribution in [1.82, 2.24) is 20.0 Å². The minimum Gasteiger partial charge on any atom is -0.316 e. The molecule has 0 radical (unpaired) electrons. The van der Waals surface area contributed by atoms with E-state index in [9.17, 15) is 8.42 Å². The molecule has 0 amide bonds. The zero-order chi connectivity index (χ0) is 14.6. The zero-order valence-electron chi connectivity index (χ0n) is 11.3. The molecule has 0 aliphatic rings. The molecule has 108 valence electrons. The highest BCUT2D eigenvalue weighted by molar-refractivity contribution is 7.89. The molecule has 0 fully saturated rings. The van der Waals surface area contributed by atoms with E-state index in [2.05, 4.69) is 20.0 Å². The van der Waals surface area contributed by atoms with Gasteiger partial charge in [0.25, 0.3) is 10.0 Å². The molecule has 0 aromatic carbocycles. The predicted molar refractivity (Wildman–Crippen MR) is 77.9 cm³/mol. The fraction of sp³-hybridized carbons (Fsp3) is 0.333. The molecule has 2 rings (SSSR count). The van der Waals surface area contributed by atoms with Crippen LogP contribution in [0.2, 0.25) is 0 Å². The molecule has 0 bridgehead atoms. The number of nitrogens with zero attached hydrogens (tertiary/aromatic N) is 2. The molecule has 6 nitrogen and oxygen atoms in total. The SMILES string of the molecule is CNCc1ccc(S(=O)(=O)NCc2cnc(C)s2)nc1. The minimum atomic E-state index is -3.58. The predicted octanol–water partition coefficient (Wildman–Crippen LogP) is 1.04. The number of aromatic nitrogens is 2. The second kappa shape index (κ2) is 6.40. The highest BCUT2D eigenvalue weighted by Crippen LogP contribution is 2.13. The van der Waals surface area contributed by atoms with Crippen LogP contribution < -0.4 is 10.0 Å². The van der Waals surface area contributed by atoms with Crippen molar-refractivity contribution in [3.8, 4) is 0 Å². The molecule has 2 N–H and O–H groups in total. The summed E-state index contributed by atoms with van der Waals surface area (Å²) in [5.41, 5.74) is 0.935. The van der Waals surface area contributed by atoms with Crippen molar-refractivity contribution in [3.05, 3.63) is 40.0 Å². The summed E-state index contributed by atoms with van der Waals surface area (Å²) in [6.45, 7) is 2.76. The van der Waals surface area contributed by atoms with Crippen molar-refractivity contribution in [2.24, 2.45) is 0 Å². The second-order valence-electron chi connectivity index (χ2n) is 4.21. The van der Waals surface area contributed by atoms with Gasteiger partial charge in [0.05, 0.1) is 5.01 Å². The summed E-state index contributed by atoms with van der Waals surface area (Å²) in [4.78, 5) is 8.94. The van der Waals surface area contributed by atoms with Gasteiger partial charge in [-0.25, -0.2) is 23.1 Å². The van der Waals surface area contributed by atoms with Crippen LogP contribution in [-0.2, 0) is 23.1 Å². The average molecular weight is 312 g/mol. The zero-order valence-corrected chi connectivity index (χ0v) is 12.9. The van der Waals surface area contributed by atoms with Crippen molar-refractivity contribution in [2.75, 3.05) is 7.05 Å². The summed E-state index contributed by atoms with van der Waals surface area (Å²) >= 11 is 1.47. The lowest BCUT2D eigenvalue weighted by molar-refractivity contribution is 0.577. The van der Waals surface area contributed by atoms with Crippen LogP contribution in [0.4, 0.5) is 0 Å².